The van der Waals surface area contributed by atoms with Crippen molar-refractivity contribution in [3.8, 4) is 0 Å². The van der Waals surface area contributed by atoms with E-state index >= 15 is 0 Å². The lowest BCUT2D eigenvalue weighted by molar-refractivity contribution is 0.103. The second-order valence-corrected chi connectivity index (χ2v) is 8.50. The third-order valence-electron chi connectivity index (χ3n) is 4.55. The lowest BCUT2D eigenvalue weighted by atomic mass is 10.2. The van der Waals surface area contributed by atoms with Gasteiger partial charge in [-0.05, 0) is 44.9 Å². The molecule has 6 heteroatoms. The van der Waals surface area contributed by atoms with Gasteiger partial charge in [-0.1, -0.05) is 17.7 Å². The zero-order valence-corrected chi connectivity index (χ0v) is 13.9. The molecule has 0 amide bonds. The van der Waals surface area contributed by atoms with Gasteiger partial charge in [-0.3, -0.25) is 4.90 Å². The van der Waals surface area contributed by atoms with Crippen LogP contribution in [-0.4, -0.2) is 48.8 Å². The fraction of sp³-hybridized carbons (Fsp3) is 0.600. The van der Waals surface area contributed by atoms with Crippen molar-refractivity contribution >= 4 is 21.6 Å². The van der Waals surface area contributed by atoms with Crippen LogP contribution in [0.15, 0.2) is 29.2 Å². The van der Waals surface area contributed by atoms with E-state index in [-0.39, 0.29) is 12.1 Å². The number of piperazine rings is 1. The molecule has 2 aliphatic heterocycles. The van der Waals surface area contributed by atoms with E-state index in [9.17, 15) is 8.42 Å². The van der Waals surface area contributed by atoms with Crippen LogP contribution in [0.5, 0.6) is 0 Å². The lowest BCUT2D eigenvalue weighted by Gasteiger charge is -2.41. The smallest absolute Gasteiger partial charge is 0.243 e. The van der Waals surface area contributed by atoms with Crippen molar-refractivity contribution in [3.05, 3.63) is 29.3 Å². The van der Waals surface area contributed by atoms with Crippen molar-refractivity contribution in [2.75, 3.05) is 13.1 Å². The number of rotatable bonds is 3. The molecule has 0 radical (unpaired) electrons. The molecular formula is C15H21ClN2O2S. The third kappa shape index (κ3) is 2.72. The molecular weight excluding hydrogens is 308 g/mol. The Balaban J connectivity index is 1.91. The summed E-state index contributed by atoms with van der Waals surface area (Å²) in [5.74, 6) is 0. The van der Waals surface area contributed by atoms with Gasteiger partial charge in [0.05, 0.1) is 4.90 Å². The quantitative estimate of drug-likeness (QED) is 0.856. The summed E-state index contributed by atoms with van der Waals surface area (Å²) in [6.07, 6.45) is 1.90. The first kappa shape index (κ1) is 15.3. The summed E-state index contributed by atoms with van der Waals surface area (Å²) in [4.78, 5) is 2.69. The van der Waals surface area contributed by atoms with Crippen molar-refractivity contribution in [3.63, 3.8) is 0 Å². The highest BCUT2D eigenvalue weighted by molar-refractivity contribution is 7.89. The molecule has 1 aromatic rings. The zero-order valence-electron chi connectivity index (χ0n) is 12.4. The summed E-state index contributed by atoms with van der Waals surface area (Å²) in [6.45, 7) is 5.99. The highest BCUT2D eigenvalue weighted by Gasteiger charge is 2.46. The molecule has 2 fully saturated rings. The number of likely N-dealkylation sites (tertiary alicyclic amines) is 1. The summed E-state index contributed by atoms with van der Waals surface area (Å²) < 4.78 is 27.6. The van der Waals surface area contributed by atoms with E-state index in [1.807, 2.05) is 0 Å². The summed E-state index contributed by atoms with van der Waals surface area (Å²) >= 11 is 5.95. The summed E-state index contributed by atoms with van der Waals surface area (Å²) in [7, 11) is -3.45. The molecule has 2 unspecified atom stereocenters. The Hall–Kier alpha value is -0.620. The van der Waals surface area contributed by atoms with Crippen molar-refractivity contribution < 1.29 is 8.42 Å². The van der Waals surface area contributed by atoms with E-state index in [1.165, 1.54) is 0 Å². The maximum absolute atomic E-state index is 12.9. The van der Waals surface area contributed by atoms with Crippen molar-refractivity contribution in [1.29, 1.82) is 0 Å². The van der Waals surface area contributed by atoms with E-state index in [0.29, 0.717) is 16.0 Å². The molecule has 2 heterocycles. The molecule has 0 spiro atoms. The van der Waals surface area contributed by atoms with Crippen LogP contribution in [0, 0.1) is 0 Å². The summed E-state index contributed by atoms with van der Waals surface area (Å²) in [5, 5.41) is 0.462. The van der Waals surface area contributed by atoms with Crippen LogP contribution in [0.4, 0.5) is 0 Å². The van der Waals surface area contributed by atoms with E-state index in [0.717, 1.165) is 25.9 Å². The number of hydrogen-bond donors (Lipinski definition) is 0. The topological polar surface area (TPSA) is 40.6 Å². The monoisotopic (exact) mass is 328 g/mol. The molecule has 21 heavy (non-hydrogen) atoms. The first-order valence-corrected chi connectivity index (χ1v) is 9.24. The predicted octanol–water partition coefficient (Wildman–Crippen LogP) is 2.59. The third-order valence-corrected chi connectivity index (χ3v) is 6.78. The van der Waals surface area contributed by atoms with E-state index in [2.05, 4.69) is 18.7 Å². The minimum Gasteiger partial charge on any atom is -0.298 e. The molecule has 4 nitrogen and oxygen atoms in total. The van der Waals surface area contributed by atoms with E-state index < -0.39 is 10.0 Å². The molecule has 0 aromatic heterocycles. The summed E-state index contributed by atoms with van der Waals surface area (Å²) in [6, 6.07) is 7.22. The Morgan fingerprint density at radius 2 is 1.81 bits per heavy atom. The van der Waals surface area contributed by atoms with Gasteiger partial charge in [-0.15, -0.1) is 0 Å². The van der Waals surface area contributed by atoms with Crippen molar-refractivity contribution in [2.24, 2.45) is 0 Å². The van der Waals surface area contributed by atoms with Gasteiger partial charge < -0.3 is 0 Å². The molecule has 116 valence electrons. The van der Waals surface area contributed by atoms with Crippen LogP contribution in [0.25, 0.3) is 0 Å². The number of halogens is 1. The van der Waals surface area contributed by atoms with Gasteiger partial charge >= 0.3 is 0 Å². The Kier molecular flexibility index (Phi) is 4.03. The lowest BCUT2D eigenvalue weighted by Crippen LogP contribution is -2.57. The maximum Gasteiger partial charge on any atom is 0.243 e. The molecule has 2 atom stereocenters. The normalized spacial score (nSPS) is 27.4. The standard InChI is InChI=1S/C15H21ClN2O2S/c1-11(2)17-9-13-6-7-14(10-17)18(13)21(19,20)15-5-3-4-12(16)8-15/h3-5,8,11,13-14H,6-7,9-10H2,1-2H3. The van der Waals surface area contributed by atoms with Crippen molar-refractivity contribution in [2.45, 2.75) is 49.7 Å². The molecule has 2 aliphatic rings. The van der Waals surface area contributed by atoms with Gasteiger partial charge in [0.25, 0.3) is 0 Å². The summed E-state index contributed by atoms with van der Waals surface area (Å²) in [5.41, 5.74) is 0. The molecule has 0 aliphatic carbocycles. The Bertz CT molecular complexity index is 618. The molecule has 1 aromatic carbocycles. The fourth-order valence-corrected chi connectivity index (χ4v) is 5.61. The maximum atomic E-state index is 12.9. The molecule has 0 N–H and O–H groups in total. The number of nitrogens with zero attached hydrogens (tertiary/aromatic N) is 2. The zero-order chi connectivity index (χ0) is 15.2. The van der Waals surface area contributed by atoms with Crippen LogP contribution in [-0.2, 0) is 10.0 Å². The van der Waals surface area contributed by atoms with Crippen LogP contribution in [0.3, 0.4) is 0 Å². The molecule has 0 saturated carbocycles. The van der Waals surface area contributed by atoms with Crippen LogP contribution in [0.2, 0.25) is 5.02 Å². The second-order valence-electron chi connectivity index (χ2n) is 6.22. The molecule has 3 rings (SSSR count). The average molecular weight is 329 g/mol. The first-order chi connectivity index (χ1) is 9.89. The average Bonchev–Trinajstić information content (AvgIpc) is 2.70. The van der Waals surface area contributed by atoms with Gasteiger partial charge in [-0.25, -0.2) is 8.42 Å². The SMILES string of the molecule is CC(C)N1CC2CCC(C1)N2S(=O)(=O)c1cccc(Cl)c1. The van der Waals surface area contributed by atoms with Gasteiger partial charge in [0.15, 0.2) is 0 Å². The molecule has 2 saturated heterocycles. The fourth-order valence-electron chi connectivity index (χ4n) is 3.46. The highest BCUT2D eigenvalue weighted by Crippen LogP contribution is 2.36. The number of sulfonamides is 1. The number of benzene rings is 1. The Labute approximate surface area is 131 Å². The number of fused-ring (bicyclic) bond motifs is 2. The minimum absolute atomic E-state index is 0.0927. The predicted molar refractivity (Wildman–Crippen MR) is 84.0 cm³/mol. The van der Waals surface area contributed by atoms with Gasteiger partial charge in [-0.2, -0.15) is 4.31 Å². The van der Waals surface area contributed by atoms with Gasteiger partial charge in [0, 0.05) is 36.2 Å². The Morgan fingerprint density at radius 3 is 2.33 bits per heavy atom. The van der Waals surface area contributed by atoms with Crippen molar-refractivity contribution in [1.82, 2.24) is 9.21 Å². The van der Waals surface area contributed by atoms with Crippen LogP contribution < -0.4 is 0 Å². The molecule has 2 bridgehead atoms. The van der Waals surface area contributed by atoms with Gasteiger partial charge in [0.1, 0.15) is 0 Å². The largest absolute Gasteiger partial charge is 0.298 e. The number of hydrogen-bond acceptors (Lipinski definition) is 3. The van der Waals surface area contributed by atoms with Gasteiger partial charge in [0.2, 0.25) is 10.0 Å². The van der Waals surface area contributed by atoms with E-state index in [1.54, 1.807) is 28.6 Å². The van der Waals surface area contributed by atoms with Crippen LogP contribution >= 0.6 is 11.6 Å². The minimum atomic E-state index is -3.45. The highest BCUT2D eigenvalue weighted by atomic mass is 35.5. The second kappa shape index (κ2) is 5.54. The first-order valence-electron chi connectivity index (χ1n) is 7.43. The van der Waals surface area contributed by atoms with E-state index in [4.69, 9.17) is 11.6 Å². The van der Waals surface area contributed by atoms with Crippen LogP contribution in [0.1, 0.15) is 26.7 Å². The Morgan fingerprint density at radius 1 is 1.19 bits per heavy atom.